The van der Waals surface area contributed by atoms with E-state index in [1.54, 1.807) is 12.1 Å². The van der Waals surface area contributed by atoms with Crippen molar-refractivity contribution >= 4 is 17.7 Å². The number of piperazine rings is 1. The summed E-state index contributed by atoms with van der Waals surface area (Å²) in [5, 5.41) is 13.1. The standard InChI is InChI=1S/C27H34ClFN2O/c1-30-13-15-31(16-14-30)20-24-7-3-2-6-23(17-21-9-11-25(28)12-10-21)27(24,32)19-22-5-4-8-26(29)18-22/h4-5,8-12,17-18,24,32H,2-3,6-7,13-16,19-20H2,1H3. The zero-order valence-corrected chi connectivity index (χ0v) is 19.7. The summed E-state index contributed by atoms with van der Waals surface area (Å²) >= 11 is 6.09. The van der Waals surface area contributed by atoms with Crippen molar-refractivity contribution in [1.82, 2.24) is 9.80 Å². The molecule has 0 radical (unpaired) electrons. The number of hydrogen-bond donors (Lipinski definition) is 1. The van der Waals surface area contributed by atoms with E-state index in [9.17, 15) is 9.50 Å². The molecule has 0 spiro atoms. The molecule has 2 fully saturated rings. The van der Waals surface area contributed by atoms with Gasteiger partial charge < -0.3 is 14.9 Å². The largest absolute Gasteiger partial charge is 0.385 e. The Bertz CT molecular complexity index is 924. The van der Waals surface area contributed by atoms with Gasteiger partial charge in [-0.3, -0.25) is 0 Å². The van der Waals surface area contributed by atoms with Crippen molar-refractivity contribution < 1.29 is 9.50 Å². The second-order valence-electron chi connectivity index (χ2n) is 9.50. The lowest BCUT2D eigenvalue weighted by atomic mass is 9.74. The van der Waals surface area contributed by atoms with E-state index in [1.165, 1.54) is 6.07 Å². The van der Waals surface area contributed by atoms with Crippen LogP contribution in [0.2, 0.25) is 5.02 Å². The molecule has 1 aliphatic carbocycles. The van der Waals surface area contributed by atoms with Crippen LogP contribution in [-0.4, -0.2) is 60.3 Å². The third-order valence-electron chi connectivity index (χ3n) is 7.13. The van der Waals surface area contributed by atoms with Gasteiger partial charge in [-0.15, -0.1) is 0 Å². The highest BCUT2D eigenvalue weighted by Gasteiger charge is 2.42. The summed E-state index contributed by atoms with van der Waals surface area (Å²) in [4.78, 5) is 4.85. The first-order valence-electron chi connectivity index (χ1n) is 11.8. The minimum Gasteiger partial charge on any atom is -0.385 e. The molecule has 2 aromatic rings. The van der Waals surface area contributed by atoms with Gasteiger partial charge in [-0.25, -0.2) is 4.39 Å². The highest BCUT2D eigenvalue weighted by molar-refractivity contribution is 6.30. The molecule has 1 N–H and O–H groups in total. The van der Waals surface area contributed by atoms with Gasteiger partial charge >= 0.3 is 0 Å². The summed E-state index contributed by atoms with van der Waals surface area (Å²) in [5.74, 6) is -0.145. The first-order valence-corrected chi connectivity index (χ1v) is 12.1. The van der Waals surface area contributed by atoms with Gasteiger partial charge in [0.1, 0.15) is 5.82 Å². The number of nitrogens with zero attached hydrogens (tertiary/aromatic N) is 2. The molecular weight excluding hydrogens is 423 g/mol. The number of rotatable bonds is 5. The SMILES string of the molecule is CN1CCN(CC2CCCCC(=Cc3ccc(Cl)cc3)C2(O)Cc2cccc(F)c2)CC1. The lowest BCUT2D eigenvalue weighted by molar-refractivity contribution is -0.00646. The highest BCUT2D eigenvalue weighted by atomic mass is 35.5. The van der Waals surface area contributed by atoms with Crippen molar-refractivity contribution in [3.63, 3.8) is 0 Å². The quantitative estimate of drug-likeness (QED) is 0.620. The van der Waals surface area contributed by atoms with E-state index in [0.717, 1.165) is 75.1 Å². The van der Waals surface area contributed by atoms with Gasteiger partial charge in [0.2, 0.25) is 0 Å². The van der Waals surface area contributed by atoms with Crippen LogP contribution in [0.1, 0.15) is 36.8 Å². The molecule has 4 rings (SSSR count). The fourth-order valence-electron chi connectivity index (χ4n) is 5.18. The molecule has 2 unspecified atom stereocenters. The van der Waals surface area contributed by atoms with Crippen LogP contribution in [0.15, 0.2) is 54.1 Å². The van der Waals surface area contributed by atoms with Crippen LogP contribution in [0, 0.1) is 11.7 Å². The van der Waals surface area contributed by atoms with Crippen molar-refractivity contribution in [2.24, 2.45) is 5.92 Å². The Hall–Kier alpha value is -1.72. The van der Waals surface area contributed by atoms with Gasteiger partial charge in [0.15, 0.2) is 0 Å². The zero-order chi connectivity index (χ0) is 22.6. The molecule has 1 aliphatic heterocycles. The maximum Gasteiger partial charge on any atom is 0.123 e. The van der Waals surface area contributed by atoms with Crippen LogP contribution in [0.3, 0.4) is 0 Å². The molecule has 0 aromatic heterocycles. The monoisotopic (exact) mass is 456 g/mol. The van der Waals surface area contributed by atoms with E-state index in [4.69, 9.17) is 11.6 Å². The predicted molar refractivity (Wildman–Crippen MR) is 130 cm³/mol. The Morgan fingerprint density at radius 2 is 1.84 bits per heavy atom. The molecule has 172 valence electrons. The second-order valence-corrected chi connectivity index (χ2v) is 9.94. The molecule has 2 aromatic carbocycles. The molecule has 2 aliphatic rings. The van der Waals surface area contributed by atoms with E-state index in [1.807, 2.05) is 30.3 Å². The molecule has 5 heteroatoms. The number of hydrogen-bond acceptors (Lipinski definition) is 3. The van der Waals surface area contributed by atoms with Crippen LogP contribution >= 0.6 is 11.6 Å². The van der Waals surface area contributed by atoms with E-state index in [-0.39, 0.29) is 11.7 Å². The topological polar surface area (TPSA) is 26.7 Å². The van der Waals surface area contributed by atoms with Crippen LogP contribution in [0.4, 0.5) is 4.39 Å². The zero-order valence-electron chi connectivity index (χ0n) is 18.9. The predicted octanol–water partition coefficient (Wildman–Crippen LogP) is 5.27. The van der Waals surface area contributed by atoms with Gasteiger partial charge in [-0.2, -0.15) is 0 Å². The van der Waals surface area contributed by atoms with E-state index < -0.39 is 5.60 Å². The van der Waals surface area contributed by atoms with Crippen LogP contribution in [-0.2, 0) is 6.42 Å². The summed E-state index contributed by atoms with van der Waals surface area (Å²) in [7, 11) is 2.16. The Labute approximate surface area is 196 Å². The average Bonchev–Trinajstić information content (AvgIpc) is 2.91. The number of aliphatic hydroxyl groups is 1. The van der Waals surface area contributed by atoms with E-state index >= 15 is 0 Å². The third kappa shape index (κ3) is 5.79. The van der Waals surface area contributed by atoms with E-state index in [0.29, 0.717) is 11.4 Å². The molecule has 1 saturated heterocycles. The van der Waals surface area contributed by atoms with Crippen LogP contribution in [0.5, 0.6) is 0 Å². The molecule has 3 nitrogen and oxygen atoms in total. The Morgan fingerprint density at radius 1 is 1.09 bits per heavy atom. The number of halogens is 2. The lowest BCUT2D eigenvalue weighted by Gasteiger charge is -2.42. The Kier molecular flexibility index (Phi) is 7.67. The van der Waals surface area contributed by atoms with Crippen LogP contribution < -0.4 is 0 Å². The fourth-order valence-corrected chi connectivity index (χ4v) is 5.31. The number of benzene rings is 2. The molecule has 2 atom stereocenters. The van der Waals surface area contributed by atoms with Gasteiger partial charge in [0.25, 0.3) is 0 Å². The minimum atomic E-state index is -1.01. The summed E-state index contributed by atoms with van der Waals surface area (Å²) in [5.41, 5.74) is 1.94. The number of likely N-dealkylation sites (N-methyl/N-ethyl adjacent to an activating group) is 1. The summed E-state index contributed by atoms with van der Waals surface area (Å²) in [6, 6.07) is 14.5. The van der Waals surface area contributed by atoms with Crippen LogP contribution in [0.25, 0.3) is 6.08 Å². The smallest absolute Gasteiger partial charge is 0.123 e. The molecular formula is C27H34ClFN2O. The molecule has 0 bridgehead atoms. The maximum absolute atomic E-state index is 14.0. The van der Waals surface area contributed by atoms with E-state index in [2.05, 4.69) is 22.9 Å². The minimum absolute atomic E-state index is 0.107. The first kappa shape index (κ1) is 23.4. The Morgan fingerprint density at radius 3 is 2.56 bits per heavy atom. The first-order chi connectivity index (χ1) is 15.4. The van der Waals surface area contributed by atoms with Crippen molar-refractivity contribution in [3.8, 4) is 0 Å². The van der Waals surface area contributed by atoms with Gasteiger partial charge in [0, 0.05) is 50.1 Å². The third-order valence-corrected chi connectivity index (χ3v) is 7.38. The van der Waals surface area contributed by atoms with Crippen molar-refractivity contribution in [2.45, 2.75) is 37.7 Å². The molecule has 32 heavy (non-hydrogen) atoms. The van der Waals surface area contributed by atoms with Crippen molar-refractivity contribution in [3.05, 3.63) is 76.1 Å². The van der Waals surface area contributed by atoms with Gasteiger partial charge in [-0.1, -0.05) is 48.4 Å². The van der Waals surface area contributed by atoms with Crippen molar-refractivity contribution in [1.29, 1.82) is 0 Å². The lowest BCUT2D eigenvalue weighted by Crippen LogP contribution is -2.51. The molecule has 0 amide bonds. The normalized spacial score (nSPS) is 26.9. The maximum atomic E-state index is 14.0. The van der Waals surface area contributed by atoms with Gasteiger partial charge in [0.05, 0.1) is 5.60 Å². The van der Waals surface area contributed by atoms with Gasteiger partial charge in [-0.05, 0) is 67.3 Å². The summed E-state index contributed by atoms with van der Waals surface area (Å²) in [6.45, 7) is 5.04. The summed E-state index contributed by atoms with van der Waals surface area (Å²) < 4.78 is 14.0. The highest BCUT2D eigenvalue weighted by Crippen LogP contribution is 2.41. The molecule has 1 heterocycles. The fraction of sp³-hybridized carbons (Fsp3) is 0.481. The second kappa shape index (κ2) is 10.5. The summed E-state index contributed by atoms with van der Waals surface area (Å²) in [6.07, 6.45) is 6.57. The molecule has 1 saturated carbocycles. The Balaban J connectivity index is 1.68. The van der Waals surface area contributed by atoms with Crippen molar-refractivity contribution in [2.75, 3.05) is 39.8 Å². The average molecular weight is 457 g/mol.